The van der Waals surface area contributed by atoms with Crippen LogP contribution in [-0.4, -0.2) is 16.5 Å². The van der Waals surface area contributed by atoms with E-state index in [1.165, 1.54) is 0 Å². The zero-order chi connectivity index (χ0) is 14.4. The standard InChI is InChI=1S/C16H21N3O/c1-4-17-15-10-14(12(2)3)18-16(19-15)11-20-13-8-6-5-7-9-13/h5-10,12H,4,11H2,1-3H3,(H,17,18,19). The van der Waals surface area contributed by atoms with Crippen LogP contribution in [0, 0.1) is 0 Å². The molecular weight excluding hydrogens is 250 g/mol. The van der Waals surface area contributed by atoms with Gasteiger partial charge in [0.05, 0.1) is 0 Å². The van der Waals surface area contributed by atoms with Crippen LogP contribution >= 0.6 is 0 Å². The fraction of sp³-hybridized carbons (Fsp3) is 0.375. The van der Waals surface area contributed by atoms with Crippen molar-refractivity contribution in [2.75, 3.05) is 11.9 Å². The predicted molar refractivity (Wildman–Crippen MR) is 81.1 cm³/mol. The van der Waals surface area contributed by atoms with E-state index in [1.807, 2.05) is 36.4 Å². The quantitative estimate of drug-likeness (QED) is 0.872. The molecule has 0 saturated carbocycles. The van der Waals surface area contributed by atoms with Crippen molar-refractivity contribution < 1.29 is 4.74 Å². The molecule has 4 heteroatoms. The number of hydrogen-bond acceptors (Lipinski definition) is 4. The Morgan fingerprint density at radius 2 is 1.90 bits per heavy atom. The van der Waals surface area contributed by atoms with Gasteiger partial charge in [-0.05, 0) is 25.0 Å². The Morgan fingerprint density at radius 1 is 1.15 bits per heavy atom. The van der Waals surface area contributed by atoms with Crippen molar-refractivity contribution in [2.24, 2.45) is 0 Å². The van der Waals surface area contributed by atoms with Gasteiger partial charge in [0.25, 0.3) is 0 Å². The minimum absolute atomic E-state index is 0.367. The maximum atomic E-state index is 5.71. The number of para-hydroxylation sites is 1. The number of ether oxygens (including phenoxy) is 1. The normalized spacial score (nSPS) is 10.6. The van der Waals surface area contributed by atoms with Crippen molar-refractivity contribution in [2.45, 2.75) is 33.3 Å². The second kappa shape index (κ2) is 6.89. The largest absolute Gasteiger partial charge is 0.486 e. The van der Waals surface area contributed by atoms with E-state index in [4.69, 9.17) is 4.74 Å². The van der Waals surface area contributed by atoms with E-state index in [1.54, 1.807) is 0 Å². The third-order valence-electron chi connectivity index (χ3n) is 2.85. The second-order valence-electron chi connectivity index (χ2n) is 4.88. The van der Waals surface area contributed by atoms with Crippen LogP contribution < -0.4 is 10.1 Å². The average Bonchev–Trinajstić information content (AvgIpc) is 2.46. The number of rotatable bonds is 6. The zero-order valence-corrected chi connectivity index (χ0v) is 12.3. The smallest absolute Gasteiger partial charge is 0.168 e. The molecule has 0 aliphatic heterocycles. The van der Waals surface area contributed by atoms with Crippen molar-refractivity contribution in [1.29, 1.82) is 0 Å². The van der Waals surface area contributed by atoms with Crippen LogP contribution in [0.2, 0.25) is 0 Å². The van der Waals surface area contributed by atoms with Gasteiger partial charge in [-0.3, -0.25) is 0 Å². The van der Waals surface area contributed by atoms with Crippen molar-refractivity contribution in [3.63, 3.8) is 0 Å². The Bertz CT molecular complexity index is 541. The molecule has 2 rings (SSSR count). The number of nitrogens with zero attached hydrogens (tertiary/aromatic N) is 2. The Hall–Kier alpha value is -2.10. The van der Waals surface area contributed by atoms with Crippen LogP contribution in [0.25, 0.3) is 0 Å². The lowest BCUT2D eigenvalue weighted by molar-refractivity contribution is 0.295. The Balaban J connectivity index is 2.13. The van der Waals surface area contributed by atoms with E-state index in [-0.39, 0.29) is 0 Å². The molecule has 0 radical (unpaired) electrons. The van der Waals surface area contributed by atoms with Gasteiger partial charge in [-0.2, -0.15) is 0 Å². The monoisotopic (exact) mass is 271 g/mol. The lowest BCUT2D eigenvalue weighted by atomic mass is 10.1. The van der Waals surface area contributed by atoms with Gasteiger partial charge in [-0.25, -0.2) is 9.97 Å². The average molecular weight is 271 g/mol. The SMILES string of the molecule is CCNc1cc(C(C)C)nc(COc2ccccc2)n1. The van der Waals surface area contributed by atoms with Crippen molar-refractivity contribution in [1.82, 2.24) is 9.97 Å². The maximum Gasteiger partial charge on any atom is 0.168 e. The van der Waals surface area contributed by atoms with Gasteiger partial charge >= 0.3 is 0 Å². The molecule has 4 nitrogen and oxygen atoms in total. The lowest BCUT2D eigenvalue weighted by Crippen LogP contribution is -2.09. The zero-order valence-electron chi connectivity index (χ0n) is 12.3. The van der Waals surface area contributed by atoms with Crippen LogP contribution in [0.1, 0.15) is 38.2 Å². The van der Waals surface area contributed by atoms with Gasteiger partial charge in [0.2, 0.25) is 0 Å². The van der Waals surface area contributed by atoms with Crippen molar-refractivity contribution in [3.05, 3.63) is 47.9 Å². The molecule has 0 unspecified atom stereocenters. The van der Waals surface area contributed by atoms with Crippen molar-refractivity contribution >= 4 is 5.82 Å². The first-order valence-corrected chi connectivity index (χ1v) is 6.98. The van der Waals surface area contributed by atoms with Gasteiger partial charge in [-0.1, -0.05) is 32.0 Å². The third-order valence-corrected chi connectivity index (χ3v) is 2.85. The molecule has 0 aliphatic rings. The number of anilines is 1. The van der Waals surface area contributed by atoms with E-state index >= 15 is 0 Å². The third kappa shape index (κ3) is 3.95. The molecule has 20 heavy (non-hydrogen) atoms. The number of benzene rings is 1. The van der Waals surface area contributed by atoms with E-state index in [0.29, 0.717) is 18.3 Å². The first-order chi connectivity index (χ1) is 9.69. The summed E-state index contributed by atoms with van der Waals surface area (Å²) in [7, 11) is 0. The lowest BCUT2D eigenvalue weighted by Gasteiger charge is -2.11. The van der Waals surface area contributed by atoms with E-state index in [9.17, 15) is 0 Å². The molecule has 2 aromatic rings. The molecule has 0 fully saturated rings. The molecule has 1 N–H and O–H groups in total. The second-order valence-corrected chi connectivity index (χ2v) is 4.88. The van der Waals surface area contributed by atoms with E-state index in [2.05, 4.69) is 36.1 Å². The molecule has 0 bridgehead atoms. The summed E-state index contributed by atoms with van der Waals surface area (Å²) < 4.78 is 5.71. The van der Waals surface area contributed by atoms with Crippen LogP contribution in [0.15, 0.2) is 36.4 Å². The van der Waals surface area contributed by atoms with Crippen LogP contribution in [0.5, 0.6) is 5.75 Å². The first-order valence-electron chi connectivity index (χ1n) is 6.98. The van der Waals surface area contributed by atoms with E-state index in [0.717, 1.165) is 23.8 Å². The highest BCUT2D eigenvalue weighted by Crippen LogP contribution is 2.17. The number of hydrogen-bond donors (Lipinski definition) is 1. The first kappa shape index (κ1) is 14.3. The van der Waals surface area contributed by atoms with Gasteiger partial charge in [-0.15, -0.1) is 0 Å². The summed E-state index contributed by atoms with van der Waals surface area (Å²) in [6, 6.07) is 11.7. The molecule has 0 amide bonds. The molecule has 1 heterocycles. The van der Waals surface area contributed by atoms with Gasteiger partial charge in [0.15, 0.2) is 5.82 Å². The number of nitrogens with one attached hydrogen (secondary N) is 1. The molecule has 0 aliphatic carbocycles. The van der Waals surface area contributed by atoms with Crippen LogP contribution in [-0.2, 0) is 6.61 Å². The summed E-state index contributed by atoms with van der Waals surface area (Å²) in [6.07, 6.45) is 0. The van der Waals surface area contributed by atoms with Crippen molar-refractivity contribution in [3.8, 4) is 5.75 Å². The van der Waals surface area contributed by atoms with Crippen LogP contribution in [0.4, 0.5) is 5.82 Å². The number of aromatic nitrogens is 2. The van der Waals surface area contributed by atoms with Gasteiger partial charge < -0.3 is 10.1 Å². The summed E-state index contributed by atoms with van der Waals surface area (Å²) in [5.41, 5.74) is 1.03. The highest BCUT2D eigenvalue weighted by Gasteiger charge is 2.08. The Labute approximate surface area is 120 Å². The minimum Gasteiger partial charge on any atom is -0.486 e. The predicted octanol–water partition coefficient (Wildman–Crippen LogP) is 3.61. The van der Waals surface area contributed by atoms with Crippen LogP contribution in [0.3, 0.4) is 0 Å². The molecule has 1 aromatic heterocycles. The summed E-state index contributed by atoms with van der Waals surface area (Å²) in [6.45, 7) is 7.52. The van der Waals surface area contributed by atoms with E-state index < -0.39 is 0 Å². The van der Waals surface area contributed by atoms with Gasteiger partial charge in [0.1, 0.15) is 18.2 Å². The minimum atomic E-state index is 0.367. The highest BCUT2D eigenvalue weighted by molar-refractivity contribution is 5.36. The highest BCUT2D eigenvalue weighted by atomic mass is 16.5. The molecule has 1 aromatic carbocycles. The summed E-state index contributed by atoms with van der Waals surface area (Å²) in [5, 5.41) is 3.23. The molecule has 0 atom stereocenters. The molecule has 0 saturated heterocycles. The molecular formula is C16H21N3O. The molecule has 106 valence electrons. The fourth-order valence-corrected chi connectivity index (χ4v) is 1.81. The summed E-state index contributed by atoms with van der Waals surface area (Å²) in [4.78, 5) is 9.03. The maximum absolute atomic E-state index is 5.71. The Morgan fingerprint density at radius 3 is 2.55 bits per heavy atom. The molecule has 0 spiro atoms. The summed E-state index contributed by atoms with van der Waals surface area (Å²) >= 11 is 0. The van der Waals surface area contributed by atoms with Gasteiger partial charge in [0, 0.05) is 18.3 Å². The summed E-state index contributed by atoms with van der Waals surface area (Å²) in [5.74, 6) is 2.76. The fourth-order valence-electron chi connectivity index (χ4n) is 1.81. The Kier molecular flexibility index (Phi) is 4.93. The topological polar surface area (TPSA) is 47.0 Å².